The van der Waals surface area contributed by atoms with Crippen LogP contribution in [-0.4, -0.2) is 15.0 Å². The minimum Gasteiger partial charge on any atom is -0.332 e. The Bertz CT molecular complexity index is 1050. The second-order valence-electron chi connectivity index (χ2n) is 6.07. The zero-order valence-electron chi connectivity index (χ0n) is 14.7. The van der Waals surface area contributed by atoms with E-state index in [1.54, 1.807) is 40.8 Å². The fourth-order valence-corrected chi connectivity index (χ4v) is 5.44. The molecule has 0 aliphatic carbocycles. The number of nitrogens with one attached hydrogen (secondary N) is 1. The Morgan fingerprint density at radius 2 is 1.88 bits per heavy atom. The van der Waals surface area contributed by atoms with Crippen molar-refractivity contribution in [1.82, 2.24) is 15.0 Å². The molecule has 0 atom stereocenters. The van der Waals surface area contributed by atoms with E-state index in [1.165, 1.54) is 21.4 Å². The highest BCUT2D eigenvalue weighted by molar-refractivity contribution is 7.98. The quantitative estimate of drug-likeness (QED) is 0.325. The average Bonchev–Trinajstić information content (AvgIpc) is 3.20. The Labute approximate surface area is 164 Å². The van der Waals surface area contributed by atoms with E-state index >= 15 is 0 Å². The predicted octanol–water partition coefficient (Wildman–Crippen LogP) is 6.11. The van der Waals surface area contributed by atoms with Crippen LogP contribution in [0.3, 0.4) is 0 Å². The number of thiazole rings is 1. The first kappa shape index (κ1) is 17.5. The number of hydrogen-bond acceptors (Lipinski definition) is 7. The Morgan fingerprint density at radius 1 is 1.08 bits per heavy atom. The third-order valence-corrected chi connectivity index (χ3v) is 7.09. The van der Waals surface area contributed by atoms with Crippen molar-refractivity contribution < 1.29 is 0 Å². The van der Waals surface area contributed by atoms with Gasteiger partial charge in [-0.3, -0.25) is 0 Å². The molecular formula is C19H18N4S3. The molecule has 0 aliphatic heterocycles. The molecule has 4 nitrogen and oxygen atoms in total. The summed E-state index contributed by atoms with van der Waals surface area (Å²) in [7, 11) is 0. The first-order valence-electron chi connectivity index (χ1n) is 8.22. The van der Waals surface area contributed by atoms with E-state index in [-0.39, 0.29) is 0 Å². The van der Waals surface area contributed by atoms with Gasteiger partial charge < -0.3 is 5.32 Å². The molecule has 0 spiro atoms. The molecule has 132 valence electrons. The second kappa shape index (κ2) is 7.34. The average molecular weight is 399 g/mol. The molecule has 0 bridgehead atoms. The van der Waals surface area contributed by atoms with Crippen LogP contribution >= 0.6 is 34.4 Å². The van der Waals surface area contributed by atoms with Crippen molar-refractivity contribution in [2.75, 3.05) is 5.32 Å². The van der Waals surface area contributed by atoms with Crippen molar-refractivity contribution in [3.63, 3.8) is 0 Å². The molecule has 4 rings (SSSR count). The van der Waals surface area contributed by atoms with Crippen molar-refractivity contribution in [3.8, 4) is 0 Å². The summed E-state index contributed by atoms with van der Waals surface area (Å²) in [5.41, 5.74) is 4.66. The van der Waals surface area contributed by atoms with E-state index in [1.807, 2.05) is 0 Å². The molecule has 0 saturated carbocycles. The summed E-state index contributed by atoms with van der Waals surface area (Å²) >= 11 is 5.09. The van der Waals surface area contributed by atoms with Crippen LogP contribution in [0.15, 0.2) is 41.0 Å². The Kier molecular flexibility index (Phi) is 4.93. The smallest absolute Gasteiger partial charge is 0.187 e. The number of aryl methyl sites for hydroxylation is 3. The van der Waals surface area contributed by atoms with Gasteiger partial charge >= 0.3 is 0 Å². The number of fused-ring (bicyclic) bond motifs is 1. The van der Waals surface area contributed by atoms with Gasteiger partial charge in [-0.1, -0.05) is 29.5 Å². The zero-order chi connectivity index (χ0) is 18.1. The first-order chi connectivity index (χ1) is 12.6. The molecule has 0 amide bonds. The van der Waals surface area contributed by atoms with Gasteiger partial charge in [0.2, 0.25) is 0 Å². The summed E-state index contributed by atoms with van der Waals surface area (Å²) in [6, 6.07) is 8.34. The SMILES string of the molecule is Cc1ccc(Nc2nc(CSc3ncnc4sc(C)c(C)c34)cs2)cc1. The number of aromatic nitrogens is 3. The van der Waals surface area contributed by atoms with Gasteiger partial charge in [-0.25, -0.2) is 15.0 Å². The summed E-state index contributed by atoms with van der Waals surface area (Å²) in [6.45, 7) is 6.37. The lowest BCUT2D eigenvalue weighted by molar-refractivity contribution is 1.10. The highest BCUT2D eigenvalue weighted by atomic mass is 32.2. The van der Waals surface area contributed by atoms with Gasteiger partial charge in [0.15, 0.2) is 5.13 Å². The van der Waals surface area contributed by atoms with Crippen LogP contribution in [-0.2, 0) is 5.75 Å². The fraction of sp³-hybridized carbons (Fsp3) is 0.211. The molecule has 0 aliphatic rings. The van der Waals surface area contributed by atoms with Gasteiger partial charge in [0.1, 0.15) is 16.2 Å². The lowest BCUT2D eigenvalue weighted by Crippen LogP contribution is -1.91. The maximum absolute atomic E-state index is 4.70. The van der Waals surface area contributed by atoms with Crippen molar-refractivity contribution in [2.45, 2.75) is 31.6 Å². The lowest BCUT2D eigenvalue weighted by atomic mass is 10.2. The monoisotopic (exact) mass is 398 g/mol. The van der Waals surface area contributed by atoms with Gasteiger partial charge in [0.25, 0.3) is 0 Å². The topological polar surface area (TPSA) is 50.7 Å². The van der Waals surface area contributed by atoms with Crippen molar-refractivity contribution in [3.05, 3.63) is 57.7 Å². The minimum atomic E-state index is 0.798. The van der Waals surface area contributed by atoms with Crippen molar-refractivity contribution >= 4 is 55.5 Å². The van der Waals surface area contributed by atoms with Crippen LogP contribution in [0.1, 0.15) is 21.7 Å². The molecule has 26 heavy (non-hydrogen) atoms. The number of thioether (sulfide) groups is 1. The van der Waals surface area contributed by atoms with Gasteiger partial charge in [-0.05, 0) is 38.5 Å². The predicted molar refractivity (Wildman–Crippen MR) is 113 cm³/mol. The normalized spacial score (nSPS) is 11.2. The lowest BCUT2D eigenvalue weighted by Gasteiger charge is -2.03. The largest absolute Gasteiger partial charge is 0.332 e. The number of hydrogen-bond donors (Lipinski definition) is 1. The summed E-state index contributed by atoms with van der Waals surface area (Å²) in [5.74, 6) is 0.798. The van der Waals surface area contributed by atoms with Crippen molar-refractivity contribution in [2.24, 2.45) is 0 Å². The van der Waals surface area contributed by atoms with Gasteiger partial charge in [0.05, 0.1) is 5.69 Å². The first-order valence-corrected chi connectivity index (χ1v) is 10.9. The third kappa shape index (κ3) is 3.60. The van der Waals surface area contributed by atoms with E-state index in [0.29, 0.717) is 0 Å². The number of rotatable bonds is 5. The number of thiophene rings is 1. The highest BCUT2D eigenvalue weighted by Gasteiger charge is 2.13. The van der Waals surface area contributed by atoms with Gasteiger partial charge in [-0.15, -0.1) is 22.7 Å². The second-order valence-corrected chi connectivity index (χ2v) is 9.09. The fourth-order valence-electron chi connectivity index (χ4n) is 2.59. The van der Waals surface area contributed by atoms with Crippen molar-refractivity contribution in [1.29, 1.82) is 0 Å². The number of anilines is 2. The molecule has 0 unspecified atom stereocenters. The van der Waals surface area contributed by atoms with Crippen LogP contribution in [0.2, 0.25) is 0 Å². The zero-order valence-corrected chi connectivity index (χ0v) is 17.2. The number of benzene rings is 1. The summed E-state index contributed by atoms with van der Waals surface area (Å²) in [5, 5.41) is 8.62. The molecule has 1 aromatic carbocycles. The van der Waals surface area contributed by atoms with E-state index in [9.17, 15) is 0 Å². The van der Waals surface area contributed by atoms with Gasteiger partial charge in [0, 0.05) is 27.1 Å². The van der Waals surface area contributed by atoms with E-state index < -0.39 is 0 Å². The molecule has 3 aromatic heterocycles. The van der Waals surface area contributed by atoms with Gasteiger partial charge in [-0.2, -0.15) is 0 Å². The van der Waals surface area contributed by atoms with Crippen LogP contribution in [0.4, 0.5) is 10.8 Å². The van der Waals surface area contributed by atoms with Crippen LogP contribution in [0.5, 0.6) is 0 Å². The Balaban J connectivity index is 1.47. The molecular weight excluding hydrogens is 380 g/mol. The molecule has 0 fully saturated rings. The maximum atomic E-state index is 4.70. The molecule has 3 heterocycles. The molecule has 4 aromatic rings. The standard InChI is InChI=1S/C19H18N4S3/c1-11-4-6-14(7-5-11)22-19-23-15(9-25-19)8-24-17-16-12(2)13(3)26-18(16)21-10-20-17/h4-7,9-10H,8H2,1-3H3,(H,22,23). The third-order valence-electron chi connectivity index (χ3n) is 4.14. The molecule has 0 radical (unpaired) electrons. The van der Waals surface area contributed by atoms with E-state index in [2.05, 4.69) is 65.7 Å². The number of nitrogens with zero attached hydrogens (tertiary/aromatic N) is 3. The summed E-state index contributed by atoms with van der Waals surface area (Å²) in [4.78, 5) is 16.0. The van der Waals surface area contributed by atoms with Crippen LogP contribution < -0.4 is 5.32 Å². The van der Waals surface area contributed by atoms with Crippen LogP contribution in [0, 0.1) is 20.8 Å². The highest BCUT2D eigenvalue weighted by Crippen LogP contribution is 2.35. The van der Waals surface area contributed by atoms with Crippen LogP contribution in [0.25, 0.3) is 10.2 Å². The minimum absolute atomic E-state index is 0.798. The summed E-state index contributed by atoms with van der Waals surface area (Å²) < 4.78 is 0. The summed E-state index contributed by atoms with van der Waals surface area (Å²) in [6.07, 6.45) is 1.66. The van der Waals surface area contributed by atoms with E-state index in [4.69, 9.17) is 4.98 Å². The Hall–Kier alpha value is -1.96. The molecule has 0 saturated heterocycles. The van der Waals surface area contributed by atoms with E-state index in [0.717, 1.165) is 32.1 Å². The molecule has 1 N–H and O–H groups in total. The maximum Gasteiger partial charge on any atom is 0.187 e. The molecule has 7 heteroatoms. The Morgan fingerprint density at radius 3 is 2.69 bits per heavy atom.